The summed E-state index contributed by atoms with van der Waals surface area (Å²) in [5.41, 5.74) is 2.52. The Morgan fingerprint density at radius 3 is 2.73 bits per heavy atom. The molecule has 0 radical (unpaired) electrons. The summed E-state index contributed by atoms with van der Waals surface area (Å²) in [4.78, 5) is 16.7. The maximum Gasteiger partial charge on any atom is 0.244 e. The van der Waals surface area contributed by atoms with Crippen LogP contribution in [0.1, 0.15) is 17.5 Å². The Morgan fingerprint density at radius 1 is 1.19 bits per heavy atom. The molecule has 0 N–H and O–H groups in total. The van der Waals surface area contributed by atoms with Crippen LogP contribution in [-0.2, 0) is 11.3 Å². The van der Waals surface area contributed by atoms with Crippen molar-refractivity contribution in [3.8, 4) is 17.6 Å². The lowest BCUT2D eigenvalue weighted by atomic mass is 10.1. The first-order valence-electron chi connectivity index (χ1n) is 8.56. The topological polar surface area (TPSA) is 65.8 Å². The summed E-state index contributed by atoms with van der Waals surface area (Å²) < 4.78 is 10.8. The molecule has 1 atom stereocenters. The number of nitrogens with zero attached hydrogens (tertiary/aromatic N) is 3. The lowest BCUT2D eigenvalue weighted by Gasteiger charge is -2.24. The van der Waals surface area contributed by atoms with Crippen LogP contribution >= 0.6 is 0 Å². The molecule has 2 aromatic rings. The molecular formula is C20H19N3O3. The van der Waals surface area contributed by atoms with Gasteiger partial charge in [0.15, 0.2) is 11.5 Å². The predicted octanol–water partition coefficient (Wildman–Crippen LogP) is 2.52. The fourth-order valence-electron chi connectivity index (χ4n) is 3.48. The molecule has 1 unspecified atom stereocenters. The Labute approximate surface area is 152 Å². The summed E-state index contributed by atoms with van der Waals surface area (Å²) >= 11 is 0. The van der Waals surface area contributed by atoms with E-state index in [0.717, 1.165) is 29.2 Å². The average Bonchev–Trinajstić information content (AvgIpc) is 3.28. The van der Waals surface area contributed by atoms with Crippen molar-refractivity contribution in [3.63, 3.8) is 0 Å². The zero-order valence-electron chi connectivity index (χ0n) is 14.5. The molecule has 4 rings (SSSR count). The van der Waals surface area contributed by atoms with Gasteiger partial charge in [-0.1, -0.05) is 6.07 Å². The van der Waals surface area contributed by atoms with Crippen LogP contribution in [0.3, 0.4) is 0 Å². The van der Waals surface area contributed by atoms with E-state index < -0.39 is 0 Å². The fourth-order valence-corrected chi connectivity index (χ4v) is 3.48. The van der Waals surface area contributed by atoms with Gasteiger partial charge in [0.05, 0.1) is 17.7 Å². The van der Waals surface area contributed by atoms with Crippen molar-refractivity contribution in [1.82, 2.24) is 4.90 Å². The molecule has 26 heavy (non-hydrogen) atoms. The van der Waals surface area contributed by atoms with Gasteiger partial charge in [0, 0.05) is 18.8 Å². The van der Waals surface area contributed by atoms with Crippen LogP contribution < -0.4 is 14.4 Å². The largest absolute Gasteiger partial charge is 0.454 e. The van der Waals surface area contributed by atoms with Crippen molar-refractivity contribution in [2.75, 3.05) is 25.3 Å². The highest BCUT2D eigenvalue weighted by Crippen LogP contribution is 2.33. The predicted molar refractivity (Wildman–Crippen MR) is 95.9 cm³/mol. The highest BCUT2D eigenvalue weighted by molar-refractivity contribution is 5.99. The number of benzene rings is 2. The smallest absolute Gasteiger partial charge is 0.244 e. The maximum absolute atomic E-state index is 12.9. The summed E-state index contributed by atoms with van der Waals surface area (Å²) in [6, 6.07) is 15.0. The fraction of sp³-hybridized carbons (Fsp3) is 0.300. The molecule has 1 amide bonds. The van der Waals surface area contributed by atoms with E-state index in [1.54, 1.807) is 17.0 Å². The lowest BCUT2D eigenvalue weighted by Crippen LogP contribution is -2.39. The monoisotopic (exact) mass is 349 g/mol. The van der Waals surface area contributed by atoms with Crippen molar-refractivity contribution in [2.24, 2.45) is 0 Å². The highest BCUT2D eigenvalue weighted by Gasteiger charge is 2.35. The van der Waals surface area contributed by atoms with Gasteiger partial charge in [0.25, 0.3) is 0 Å². The van der Waals surface area contributed by atoms with Gasteiger partial charge in [-0.25, -0.2) is 0 Å². The summed E-state index contributed by atoms with van der Waals surface area (Å²) in [6.07, 6.45) is 0.778. The first kappa shape index (κ1) is 16.4. The van der Waals surface area contributed by atoms with E-state index in [2.05, 4.69) is 11.0 Å². The lowest BCUT2D eigenvalue weighted by molar-refractivity contribution is -0.121. The molecule has 2 heterocycles. The molecule has 6 nitrogen and oxygen atoms in total. The quantitative estimate of drug-likeness (QED) is 0.849. The number of anilines is 1. The third-order valence-corrected chi connectivity index (χ3v) is 4.89. The standard InChI is InChI=1S/C20H19N3O3/c1-22(12-15-4-7-18-19(10-15)26-13-25-18)17-8-9-23(20(17)24)16-5-2-14(11-21)3-6-16/h2-7,10,17H,8-9,12-13H2,1H3. The summed E-state index contributed by atoms with van der Waals surface area (Å²) in [5, 5.41) is 8.91. The SMILES string of the molecule is CN(Cc1ccc2c(c1)OCO2)C1CCN(c2ccc(C#N)cc2)C1=O. The van der Waals surface area contributed by atoms with E-state index in [-0.39, 0.29) is 18.7 Å². The second-order valence-corrected chi connectivity index (χ2v) is 6.56. The maximum atomic E-state index is 12.9. The molecule has 132 valence electrons. The van der Waals surface area contributed by atoms with Gasteiger partial charge < -0.3 is 14.4 Å². The second kappa shape index (κ2) is 6.70. The first-order chi connectivity index (χ1) is 12.7. The summed E-state index contributed by atoms with van der Waals surface area (Å²) in [5.74, 6) is 1.62. The van der Waals surface area contributed by atoms with E-state index in [1.807, 2.05) is 37.4 Å². The van der Waals surface area contributed by atoms with Crippen LogP contribution in [0.25, 0.3) is 0 Å². The van der Waals surface area contributed by atoms with Crippen molar-refractivity contribution >= 4 is 11.6 Å². The molecule has 0 aliphatic carbocycles. The van der Waals surface area contributed by atoms with Crippen LogP contribution in [0.4, 0.5) is 5.69 Å². The molecule has 0 aromatic heterocycles. The third-order valence-electron chi connectivity index (χ3n) is 4.89. The molecule has 1 saturated heterocycles. The van der Waals surface area contributed by atoms with E-state index in [0.29, 0.717) is 18.7 Å². The number of rotatable bonds is 4. The molecule has 2 aliphatic rings. The Kier molecular flexibility index (Phi) is 4.23. The molecule has 2 aromatic carbocycles. The molecule has 6 heteroatoms. The number of carbonyl (C=O) groups excluding carboxylic acids is 1. The average molecular weight is 349 g/mol. The Hall–Kier alpha value is -3.04. The Morgan fingerprint density at radius 2 is 1.96 bits per heavy atom. The van der Waals surface area contributed by atoms with Gasteiger partial charge in [0.2, 0.25) is 12.7 Å². The minimum Gasteiger partial charge on any atom is -0.454 e. The number of hydrogen-bond acceptors (Lipinski definition) is 5. The van der Waals surface area contributed by atoms with E-state index in [4.69, 9.17) is 14.7 Å². The Bertz CT molecular complexity index is 873. The summed E-state index contributed by atoms with van der Waals surface area (Å²) in [6.45, 7) is 1.60. The van der Waals surface area contributed by atoms with Crippen LogP contribution in [0.2, 0.25) is 0 Å². The van der Waals surface area contributed by atoms with E-state index in [9.17, 15) is 4.79 Å². The number of fused-ring (bicyclic) bond motifs is 1. The van der Waals surface area contributed by atoms with Gasteiger partial charge >= 0.3 is 0 Å². The number of likely N-dealkylation sites (N-methyl/N-ethyl adjacent to an activating group) is 1. The molecule has 1 fully saturated rings. The Balaban J connectivity index is 1.44. The van der Waals surface area contributed by atoms with Gasteiger partial charge in [-0.3, -0.25) is 9.69 Å². The minimum atomic E-state index is -0.156. The highest BCUT2D eigenvalue weighted by atomic mass is 16.7. The van der Waals surface area contributed by atoms with Crippen LogP contribution in [-0.4, -0.2) is 37.2 Å². The second-order valence-electron chi connectivity index (χ2n) is 6.56. The van der Waals surface area contributed by atoms with E-state index >= 15 is 0 Å². The zero-order chi connectivity index (χ0) is 18.1. The number of ether oxygens (including phenoxy) is 2. The minimum absolute atomic E-state index is 0.0953. The van der Waals surface area contributed by atoms with Gasteiger partial charge in [-0.15, -0.1) is 0 Å². The number of amides is 1. The van der Waals surface area contributed by atoms with Crippen molar-refractivity contribution < 1.29 is 14.3 Å². The van der Waals surface area contributed by atoms with Crippen molar-refractivity contribution in [2.45, 2.75) is 19.0 Å². The molecule has 0 bridgehead atoms. The van der Waals surface area contributed by atoms with Gasteiger partial charge in [0.1, 0.15) is 0 Å². The van der Waals surface area contributed by atoms with Crippen molar-refractivity contribution in [3.05, 3.63) is 53.6 Å². The van der Waals surface area contributed by atoms with Crippen molar-refractivity contribution in [1.29, 1.82) is 5.26 Å². The van der Waals surface area contributed by atoms with Gasteiger partial charge in [-0.2, -0.15) is 5.26 Å². The van der Waals surface area contributed by atoms with E-state index in [1.165, 1.54) is 0 Å². The van der Waals surface area contributed by atoms with Crippen LogP contribution in [0.15, 0.2) is 42.5 Å². The zero-order valence-corrected chi connectivity index (χ0v) is 14.5. The molecular weight excluding hydrogens is 330 g/mol. The first-order valence-corrected chi connectivity index (χ1v) is 8.56. The molecule has 2 aliphatic heterocycles. The molecule has 0 saturated carbocycles. The van der Waals surface area contributed by atoms with Crippen LogP contribution in [0, 0.1) is 11.3 Å². The number of carbonyl (C=O) groups is 1. The normalized spacial score (nSPS) is 18.4. The number of hydrogen-bond donors (Lipinski definition) is 0. The molecule has 0 spiro atoms. The van der Waals surface area contributed by atoms with Crippen LogP contribution in [0.5, 0.6) is 11.5 Å². The van der Waals surface area contributed by atoms with Gasteiger partial charge in [-0.05, 0) is 55.4 Å². The number of nitriles is 1. The summed E-state index contributed by atoms with van der Waals surface area (Å²) in [7, 11) is 1.97. The third kappa shape index (κ3) is 2.98.